The Labute approximate surface area is 66.5 Å². The maximum atomic E-state index is 5.36. The summed E-state index contributed by atoms with van der Waals surface area (Å²) in [5, 5.41) is 0. The lowest BCUT2D eigenvalue weighted by Gasteiger charge is -2.02. The lowest BCUT2D eigenvalue weighted by molar-refractivity contribution is 0.425. The second kappa shape index (κ2) is 3.76. The molecular formula is C9H11NO. The molecule has 0 aliphatic heterocycles. The van der Waals surface area contributed by atoms with Crippen molar-refractivity contribution in [1.29, 1.82) is 0 Å². The van der Waals surface area contributed by atoms with Crippen LogP contribution in [0.1, 0.15) is 13.8 Å². The van der Waals surface area contributed by atoms with E-state index in [4.69, 9.17) is 4.74 Å². The molecule has 1 aromatic heterocycles. The van der Waals surface area contributed by atoms with Crippen LogP contribution >= 0.6 is 0 Å². The van der Waals surface area contributed by atoms with E-state index in [0.29, 0.717) is 0 Å². The average molecular weight is 149 g/mol. The summed E-state index contributed by atoms with van der Waals surface area (Å²) in [4.78, 5) is 3.92. The normalized spacial score (nSPS) is 11.3. The summed E-state index contributed by atoms with van der Waals surface area (Å²) in [5.41, 5.74) is 0. The van der Waals surface area contributed by atoms with Crippen LogP contribution in [0.5, 0.6) is 5.75 Å². The molecule has 1 aromatic rings. The number of aromatic nitrogens is 1. The fourth-order valence-electron chi connectivity index (χ4n) is 0.652. The highest BCUT2D eigenvalue weighted by molar-refractivity contribution is 5.18. The van der Waals surface area contributed by atoms with Gasteiger partial charge in [-0.15, -0.1) is 0 Å². The van der Waals surface area contributed by atoms with Gasteiger partial charge in [-0.05, 0) is 32.1 Å². The van der Waals surface area contributed by atoms with Crippen molar-refractivity contribution in [3.8, 4) is 5.75 Å². The first-order chi connectivity index (χ1) is 5.33. The first-order valence-electron chi connectivity index (χ1n) is 3.53. The van der Waals surface area contributed by atoms with Gasteiger partial charge in [-0.2, -0.15) is 0 Å². The van der Waals surface area contributed by atoms with E-state index in [2.05, 4.69) is 4.98 Å². The van der Waals surface area contributed by atoms with Crippen LogP contribution in [-0.4, -0.2) is 4.98 Å². The number of allylic oxidation sites excluding steroid dienone is 2. The van der Waals surface area contributed by atoms with E-state index >= 15 is 0 Å². The fourth-order valence-corrected chi connectivity index (χ4v) is 0.652. The summed E-state index contributed by atoms with van der Waals surface area (Å²) in [6, 6.07) is 3.72. The Balaban J connectivity index is 2.65. The molecule has 0 spiro atoms. The average Bonchev–Trinajstić information content (AvgIpc) is 2.06. The van der Waals surface area contributed by atoms with E-state index in [0.717, 1.165) is 11.5 Å². The van der Waals surface area contributed by atoms with Crippen molar-refractivity contribution in [3.05, 3.63) is 36.4 Å². The van der Waals surface area contributed by atoms with Gasteiger partial charge in [0.2, 0.25) is 0 Å². The van der Waals surface area contributed by atoms with Crippen molar-refractivity contribution in [3.63, 3.8) is 0 Å². The molecule has 58 valence electrons. The molecule has 0 radical (unpaired) electrons. The van der Waals surface area contributed by atoms with Crippen LogP contribution in [0.2, 0.25) is 0 Å². The Kier molecular flexibility index (Phi) is 2.66. The molecule has 0 aliphatic rings. The molecule has 0 fully saturated rings. The number of pyridine rings is 1. The molecule has 1 rings (SSSR count). The van der Waals surface area contributed by atoms with Crippen LogP contribution in [0.4, 0.5) is 0 Å². The van der Waals surface area contributed by atoms with Gasteiger partial charge in [0.05, 0.1) is 12.0 Å². The Hall–Kier alpha value is -1.31. The zero-order valence-electron chi connectivity index (χ0n) is 6.74. The fraction of sp³-hybridized carbons (Fsp3) is 0.222. The summed E-state index contributed by atoms with van der Waals surface area (Å²) >= 11 is 0. The first-order valence-corrected chi connectivity index (χ1v) is 3.53. The van der Waals surface area contributed by atoms with E-state index in [9.17, 15) is 0 Å². The summed E-state index contributed by atoms with van der Waals surface area (Å²) in [6.45, 7) is 3.85. The number of hydrogen-bond acceptors (Lipinski definition) is 2. The molecule has 0 unspecified atom stereocenters. The third-order valence-corrected chi connectivity index (χ3v) is 1.32. The largest absolute Gasteiger partial charge is 0.461 e. The van der Waals surface area contributed by atoms with Crippen molar-refractivity contribution in [2.75, 3.05) is 0 Å². The molecule has 0 N–H and O–H groups in total. The summed E-state index contributed by atoms with van der Waals surface area (Å²) in [7, 11) is 0. The predicted octanol–water partition coefficient (Wildman–Crippen LogP) is 2.38. The third-order valence-electron chi connectivity index (χ3n) is 1.32. The zero-order chi connectivity index (χ0) is 8.10. The maximum absolute atomic E-state index is 5.36. The number of ether oxygens (including phenoxy) is 1. The van der Waals surface area contributed by atoms with Crippen LogP contribution in [0.3, 0.4) is 0 Å². The molecule has 0 aliphatic carbocycles. The van der Waals surface area contributed by atoms with Crippen molar-refractivity contribution in [1.82, 2.24) is 4.98 Å². The second-order valence-electron chi connectivity index (χ2n) is 2.19. The van der Waals surface area contributed by atoms with Gasteiger partial charge in [-0.3, -0.25) is 4.98 Å². The molecule has 0 amide bonds. The van der Waals surface area contributed by atoms with Gasteiger partial charge < -0.3 is 4.74 Å². The Morgan fingerprint density at radius 2 is 2.45 bits per heavy atom. The zero-order valence-corrected chi connectivity index (χ0v) is 6.74. The number of nitrogens with zero attached hydrogens (tertiary/aromatic N) is 1. The van der Waals surface area contributed by atoms with Crippen LogP contribution in [0.25, 0.3) is 0 Å². The highest BCUT2D eigenvalue weighted by Crippen LogP contribution is 2.09. The van der Waals surface area contributed by atoms with Gasteiger partial charge in [0.25, 0.3) is 0 Å². The highest BCUT2D eigenvalue weighted by atomic mass is 16.5. The van der Waals surface area contributed by atoms with Crippen molar-refractivity contribution >= 4 is 0 Å². The van der Waals surface area contributed by atoms with Crippen molar-refractivity contribution in [2.45, 2.75) is 13.8 Å². The van der Waals surface area contributed by atoms with Crippen LogP contribution in [0.15, 0.2) is 36.4 Å². The van der Waals surface area contributed by atoms with Crippen LogP contribution in [-0.2, 0) is 0 Å². The van der Waals surface area contributed by atoms with E-state index in [-0.39, 0.29) is 0 Å². The minimum Gasteiger partial charge on any atom is -0.461 e. The van der Waals surface area contributed by atoms with E-state index in [1.54, 1.807) is 12.4 Å². The molecular weight excluding hydrogens is 138 g/mol. The first kappa shape index (κ1) is 7.79. The quantitative estimate of drug-likeness (QED) is 0.602. The smallest absolute Gasteiger partial charge is 0.145 e. The maximum Gasteiger partial charge on any atom is 0.145 e. The van der Waals surface area contributed by atoms with Gasteiger partial charge in [0.15, 0.2) is 0 Å². The van der Waals surface area contributed by atoms with E-state index in [1.807, 2.05) is 32.1 Å². The molecule has 2 nitrogen and oxygen atoms in total. The minimum atomic E-state index is 0.781. The molecule has 11 heavy (non-hydrogen) atoms. The molecule has 0 saturated carbocycles. The van der Waals surface area contributed by atoms with E-state index < -0.39 is 0 Å². The van der Waals surface area contributed by atoms with Gasteiger partial charge in [-0.25, -0.2) is 0 Å². The number of hydrogen-bond donors (Lipinski definition) is 0. The molecule has 0 atom stereocenters. The third kappa shape index (κ3) is 2.42. The second-order valence-corrected chi connectivity index (χ2v) is 2.19. The molecule has 0 aromatic carbocycles. The lowest BCUT2D eigenvalue weighted by Crippen LogP contribution is -1.89. The van der Waals surface area contributed by atoms with Crippen LogP contribution in [0, 0.1) is 0 Å². The topological polar surface area (TPSA) is 22.1 Å². The lowest BCUT2D eigenvalue weighted by atomic mass is 10.4. The van der Waals surface area contributed by atoms with Crippen molar-refractivity contribution < 1.29 is 4.74 Å². The van der Waals surface area contributed by atoms with E-state index in [1.165, 1.54) is 0 Å². The Bertz CT molecular complexity index is 241. The molecule has 1 heterocycles. The molecule has 0 saturated heterocycles. The summed E-state index contributed by atoms with van der Waals surface area (Å²) < 4.78 is 5.36. The predicted molar refractivity (Wildman–Crippen MR) is 44.3 cm³/mol. The Morgan fingerprint density at radius 3 is 3.00 bits per heavy atom. The van der Waals surface area contributed by atoms with Gasteiger partial charge in [0, 0.05) is 6.20 Å². The monoisotopic (exact) mass is 149 g/mol. The highest BCUT2D eigenvalue weighted by Gasteiger charge is 1.90. The summed E-state index contributed by atoms with van der Waals surface area (Å²) in [6.07, 6.45) is 5.32. The van der Waals surface area contributed by atoms with Gasteiger partial charge in [0.1, 0.15) is 5.75 Å². The SMILES string of the molecule is C/C=C(/C)Oc1cccnc1. The standard InChI is InChI=1S/C9H11NO/c1-3-8(2)11-9-5-4-6-10-7-9/h3-7H,1-2H3/b8-3-. The van der Waals surface area contributed by atoms with Crippen molar-refractivity contribution in [2.24, 2.45) is 0 Å². The minimum absolute atomic E-state index is 0.781. The number of rotatable bonds is 2. The van der Waals surface area contributed by atoms with Gasteiger partial charge >= 0.3 is 0 Å². The van der Waals surface area contributed by atoms with Crippen LogP contribution < -0.4 is 4.74 Å². The molecule has 2 heteroatoms. The Morgan fingerprint density at radius 1 is 1.64 bits per heavy atom. The molecule has 0 bridgehead atoms. The van der Waals surface area contributed by atoms with Gasteiger partial charge in [-0.1, -0.05) is 0 Å². The summed E-state index contributed by atoms with van der Waals surface area (Å²) in [5.74, 6) is 1.67.